The number of likely N-dealkylation sites (tertiary alicyclic amines) is 1. The van der Waals surface area contributed by atoms with Gasteiger partial charge in [-0.25, -0.2) is 0 Å². The molecule has 100 valence electrons. The maximum Gasteiger partial charge on any atom is 0.311 e. The number of carbonyl (C=O) groups excluding carboxylic acids is 2. The summed E-state index contributed by atoms with van der Waals surface area (Å²) in [5.41, 5.74) is -0.977. The molecule has 1 heterocycles. The van der Waals surface area contributed by atoms with Crippen LogP contribution in [-0.2, 0) is 14.4 Å². The highest BCUT2D eigenvalue weighted by molar-refractivity contribution is 5.97. The van der Waals surface area contributed by atoms with Crippen LogP contribution in [0.3, 0.4) is 0 Å². The van der Waals surface area contributed by atoms with Gasteiger partial charge in [0.25, 0.3) is 0 Å². The molecule has 1 saturated carbocycles. The molecule has 2 amide bonds. The quantitative estimate of drug-likeness (QED) is 0.758. The Balaban J connectivity index is 2.30. The first-order valence-electron chi connectivity index (χ1n) is 6.55. The topological polar surface area (TPSA) is 74.7 Å². The SMILES string of the molecule is CC1(C(=O)O)CCCC1N1C(=O)CCCCC1=O. The normalized spacial score (nSPS) is 33.6. The molecule has 0 aromatic heterocycles. The molecule has 1 aliphatic heterocycles. The molecule has 0 radical (unpaired) electrons. The number of carboxylic acids is 1. The number of imide groups is 1. The summed E-state index contributed by atoms with van der Waals surface area (Å²) in [5, 5.41) is 9.37. The lowest BCUT2D eigenvalue weighted by atomic mass is 9.83. The molecule has 1 aliphatic carbocycles. The summed E-state index contributed by atoms with van der Waals surface area (Å²) in [7, 11) is 0. The van der Waals surface area contributed by atoms with Gasteiger partial charge in [-0.2, -0.15) is 0 Å². The Kier molecular flexibility index (Phi) is 3.41. The van der Waals surface area contributed by atoms with Crippen LogP contribution >= 0.6 is 0 Å². The molecule has 0 aromatic carbocycles. The Morgan fingerprint density at radius 3 is 2.28 bits per heavy atom. The molecule has 2 fully saturated rings. The number of hydrogen-bond acceptors (Lipinski definition) is 3. The van der Waals surface area contributed by atoms with Crippen LogP contribution in [0.25, 0.3) is 0 Å². The molecule has 1 saturated heterocycles. The third-order valence-corrected chi connectivity index (χ3v) is 4.28. The molecule has 0 bridgehead atoms. The molecular formula is C13H19NO4. The number of rotatable bonds is 2. The van der Waals surface area contributed by atoms with Crippen molar-refractivity contribution in [1.82, 2.24) is 4.90 Å². The van der Waals surface area contributed by atoms with Crippen LogP contribution in [0, 0.1) is 5.41 Å². The van der Waals surface area contributed by atoms with Crippen molar-refractivity contribution in [3.05, 3.63) is 0 Å². The summed E-state index contributed by atoms with van der Waals surface area (Å²) in [5.74, 6) is -1.30. The Bertz CT molecular complexity index is 374. The van der Waals surface area contributed by atoms with Crippen molar-refractivity contribution in [2.75, 3.05) is 0 Å². The van der Waals surface area contributed by atoms with Gasteiger partial charge in [0.1, 0.15) is 0 Å². The van der Waals surface area contributed by atoms with Crippen LogP contribution in [0.1, 0.15) is 51.9 Å². The Morgan fingerprint density at radius 2 is 1.78 bits per heavy atom. The third kappa shape index (κ3) is 2.02. The van der Waals surface area contributed by atoms with Crippen molar-refractivity contribution in [1.29, 1.82) is 0 Å². The van der Waals surface area contributed by atoms with E-state index in [0.717, 1.165) is 19.3 Å². The highest BCUT2D eigenvalue weighted by Crippen LogP contribution is 2.42. The van der Waals surface area contributed by atoms with Crippen LogP contribution in [0.5, 0.6) is 0 Å². The Morgan fingerprint density at radius 1 is 1.22 bits per heavy atom. The van der Waals surface area contributed by atoms with E-state index in [1.807, 2.05) is 0 Å². The summed E-state index contributed by atoms with van der Waals surface area (Å²) in [6.45, 7) is 1.65. The second-order valence-corrected chi connectivity index (χ2v) is 5.50. The van der Waals surface area contributed by atoms with E-state index in [1.54, 1.807) is 6.92 Å². The number of aliphatic carboxylic acids is 1. The molecule has 1 N–H and O–H groups in total. The second kappa shape index (κ2) is 4.71. The predicted octanol–water partition coefficient (Wildman–Crippen LogP) is 1.56. The number of carboxylic acid groups (broad SMARTS) is 1. The van der Waals surface area contributed by atoms with Gasteiger partial charge in [-0.3, -0.25) is 19.3 Å². The average Bonchev–Trinajstić information content (AvgIpc) is 2.61. The second-order valence-electron chi connectivity index (χ2n) is 5.50. The Labute approximate surface area is 106 Å². The number of carbonyl (C=O) groups is 3. The zero-order chi connectivity index (χ0) is 13.3. The molecule has 2 atom stereocenters. The molecular weight excluding hydrogens is 234 g/mol. The Hall–Kier alpha value is -1.39. The molecule has 2 unspecified atom stereocenters. The fourth-order valence-electron chi connectivity index (χ4n) is 3.09. The van der Waals surface area contributed by atoms with Crippen LogP contribution < -0.4 is 0 Å². The van der Waals surface area contributed by atoms with Gasteiger partial charge >= 0.3 is 5.97 Å². The fourth-order valence-corrected chi connectivity index (χ4v) is 3.09. The van der Waals surface area contributed by atoms with E-state index < -0.39 is 17.4 Å². The van der Waals surface area contributed by atoms with Crippen LogP contribution in [0.4, 0.5) is 0 Å². The van der Waals surface area contributed by atoms with Crippen molar-refractivity contribution in [3.8, 4) is 0 Å². The van der Waals surface area contributed by atoms with Gasteiger partial charge in [-0.15, -0.1) is 0 Å². The monoisotopic (exact) mass is 253 g/mol. The molecule has 0 aromatic rings. The zero-order valence-electron chi connectivity index (χ0n) is 10.6. The third-order valence-electron chi connectivity index (χ3n) is 4.28. The van der Waals surface area contributed by atoms with E-state index in [9.17, 15) is 19.5 Å². The molecule has 18 heavy (non-hydrogen) atoms. The van der Waals surface area contributed by atoms with Crippen LogP contribution in [0.15, 0.2) is 0 Å². The largest absolute Gasteiger partial charge is 0.481 e. The highest BCUT2D eigenvalue weighted by atomic mass is 16.4. The van der Waals surface area contributed by atoms with E-state index in [2.05, 4.69) is 0 Å². The number of amides is 2. The average molecular weight is 253 g/mol. The standard InChI is InChI=1S/C13H19NO4/c1-13(12(17)18)8-4-5-9(13)14-10(15)6-2-3-7-11(14)16/h9H,2-8H2,1H3,(H,17,18). The maximum atomic E-state index is 12.0. The molecule has 5 nitrogen and oxygen atoms in total. The summed E-state index contributed by atoms with van der Waals surface area (Å²) in [6, 6.07) is -0.465. The van der Waals surface area contributed by atoms with Gasteiger partial charge in [-0.05, 0) is 32.6 Å². The maximum absolute atomic E-state index is 12.0. The zero-order valence-corrected chi connectivity index (χ0v) is 10.6. The lowest BCUT2D eigenvalue weighted by Crippen LogP contribution is -2.51. The first-order valence-corrected chi connectivity index (χ1v) is 6.55. The lowest BCUT2D eigenvalue weighted by molar-refractivity contribution is -0.157. The first kappa shape index (κ1) is 13.1. The molecule has 0 spiro atoms. The van der Waals surface area contributed by atoms with E-state index in [0.29, 0.717) is 25.7 Å². The first-order chi connectivity index (χ1) is 8.47. The van der Waals surface area contributed by atoms with Gasteiger partial charge in [0, 0.05) is 12.8 Å². The summed E-state index contributed by atoms with van der Waals surface area (Å²) < 4.78 is 0. The minimum Gasteiger partial charge on any atom is -0.481 e. The van der Waals surface area contributed by atoms with Gasteiger partial charge in [0.2, 0.25) is 11.8 Å². The van der Waals surface area contributed by atoms with E-state index in [-0.39, 0.29) is 11.8 Å². The predicted molar refractivity (Wildman–Crippen MR) is 63.7 cm³/mol. The minimum absolute atomic E-state index is 0.197. The van der Waals surface area contributed by atoms with E-state index in [1.165, 1.54) is 4.90 Å². The smallest absolute Gasteiger partial charge is 0.311 e. The van der Waals surface area contributed by atoms with Crippen LogP contribution in [0.2, 0.25) is 0 Å². The number of nitrogens with zero attached hydrogens (tertiary/aromatic N) is 1. The molecule has 5 heteroatoms. The molecule has 2 rings (SSSR count). The molecule has 2 aliphatic rings. The van der Waals surface area contributed by atoms with E-state index in [4.69, 9.17) is 0 Å². The van der Waals surface area contributed by atoms with Gasteiger partial charge in [0.15, 0.2) is 0 Å². The van der Waals surface area contributed by atoms with Crippen molar-refractivity contribution in [2.45, 2.75) is 57.9 Å². The number of hydrogen-bond donors (Lipinski definition) is 1. The van der Waals surface area contributed by atoms with Crippen LogP contribution in [-0.4, -0.2) is 33.8 Å². The summed E-state index contributed by atoms with van der Waals surface area (Å²) >= 11 is 0. The minimum atomic E-state index is -0.977. The summed E-state index contributed by atoms with van der Waals surface area (Å²) in [6.07, 6.45) is 4.06. The van der Waals surface area contributed by atoms with Gasteiger partial charge in [0.05, 0.1) is 11.5 Å². The van der Waals surface area contributed by atoms with Gasteiger partial charge in [-0.1, -0.05) is 6.42 Å². The highest BCUT2D eigenvalue weighted by Gasteiger charge is 2.50. The van der Waals surface area contributed by atoms with Gasteiger partial charge < -0.3 is 5.11 Å². The summed E-state index contributed by atoms with van der Waals surface area (Å²) in [4.78, 5) is 36.8. The lowest BCUT2D eigenvalue weighted by Gasteiger charge is -2.35. The van der Waals surface area contributed by atoms with Crippen molar-refractivity contribution >= 4 is 17.8 Å². The van der Waals surface area contributed by atoms with E-state index >= 15 is 0 Å². The van der Waals surface area contributed by atoms with Crippen molar-refractivity contribution in [2.24, 2.45) is 5.41 Å². The van der Waals surface area contributed by atoms with Crippen molar-refractivity contribution < 1.29 is 19.5 Å². The van der Waals surface area contributed by atoms with Crippen molar-refractivity contribution in [3.63, 3.8) is 0 Å². The fraction of sp³-hybridized carbons (Fsp3) is 0.769.